The number of rotatable bonds is 8. The van der Waals surface area contributed by atoms with Crippen LogP contribution < -0.4 is 0 Å². The van der Waals surface area contributed by atoms with Crippen LogP contribution in [-0.4, -0.2) is 30.3 Å². The number of Topliss-reactive ketones (excluding diaryl/α,β-unsaturated/α-hetero) is 1. The molecule has 102 valence electrons. The summed E-state index contributed by atoms with van der Waals surface area (Å²) >= 11 is 0. The topological polar surface area (TPSA) is 20.3 Å². The summed E-state index contributed by atoms with van der Waals surface area (Å²) in [6.45, 7) is 3.39. The Morgan fingerprint density at radius 3 is 2.11 bits per heavy atom. The molecule has 0 unspecified atom stereocenters. The maximum absolute atomic E-state index is 12.1. The maximum Gasteiger partial charge on any atom is 0.164 e. The third kappa shape index (κ3) is 4.17. The van der Waals surface area contributed by atoms with Crippen LogP contribution in [0.1, 0.15) is 42.5 Å². The first-order chi connectivity index (χ1) is 9.31. The summed E-state index contributed by atoms with van der Waals surface area (Å²) in [6.07, 6.45) is 6.26. The van der Waals surface area contributed by atoms with Crippen molar-refractivity contribution in [2.24, 2.45) is 11.8 Å². The van der Waals surface area contributed by atoms with E-state index in [9.17, 15) is 4.79 Å². The van der Waals surface area contributed by atoms with Gasteiger partial charge >= 0.3 is 0 Å². The highest BCUT2D eigenvalue weighted by atomic mass is 16.1. The van der Waals surface area contributed by atoms with Gasteiger partial charge in [0.25, 0.3) is 0 Å². The van der Waals surface area contributed by atoms with Gasteiger partial charge in [-0.3, -0.25) is 4.79 Å². The maximum atomic E-state index is 12.1. The van der Waals surface area contributed by atoms with Gasteiger partial charge in [0.15, 0.2) is 5.78 Å². The molecule has 2 aliphatic rings. The van der Waals surface area contributed by atoms with Crippen molar-refractivity contribution in [2.75, 3.05) is 19.6 Å². The molecule has 2 aliphatic carbocycles. The Labute approximate surface area is 115 Å². The highest BCUT2D eigenvalue weighted by molar-refractivity contribution is 5.96. The Bertz CT molecular complexity index is 406. The summed E-state index contributed by atoms with van der Waals surface area (Å²) in [5.74, 6) is 2.13. The molecule has 2 fully saturated rings. The van der Waals surface area contributed by atoms with Gasteiger partial charge in [0.1, 0.15) is 0 Å². The van der Waals surface area contributed by atoms with Crippen LogP contribution in [0, 0.1) is 11.8 Å². The van der Waals surface area contributed by atoms with E-state index in [2.05, 4.69) is 4.90 Å². The molecule has 0 saturated heterocycles. The van der Waals surface area contributed by atoms with Gasteiger partial charge in [-0.1, -0.05) is 30.3 Å². The van der Waals surface area contributed by atoms with Gasteiger partial charge in [-0.15, -0.1) is 0 Å². The molecule has 0 aliphatic heterocycles. The van der Waals surface area contributed by atoms with Crippen molar-refractivity contribution < 1.29 is 4.79 Å². The first-order valence-electron chi connectivity index (χ1n) is 7.62. The lowest BCUT2D eigenvalue weighted by Gasteiger charge is -2.21. The molecule has 0 N–H and O–H groups in total. The van der Waals surface area contributed by atoms with Crippen LogP contribution >= 0.6 is 0 Å². The molecule has 0 bridgehead atoms. The molecular weight excluding hydrogens is 234 g/mol. The van der Waals surface area contributed by atoms with Crippen LogP contribution in [0.25, 0.3) is 0 Å². The number of hydrogen-bond donors (Lipinski definition) is 0. The largest absolute Gasteiger partial charge is 0.302 e. The van der Waals surface area contributed by atoms with E-state index < -0.39 is 0 Å². The van der Waals surface area contributed by atoms with E-state index in [4.69, 9.17) is 0 Å². The molecule has 1 aromatic carbocycles. The molecule has 19 heavy (non-hydrogen) atoms. The first kappa shape index (κ1) is 12.9. The van der Waals surface area contributed by atoms with Crippen molar-refractivity contribution in [2.45, 2.75) is 32.1 Å². The number of ketones is 1. The van der Waals surface area contributed by atoms with E-state index in [1.165, 1.54) is 38.8 Å². The molecule has 0 heterocycles. The van der Waals surface area contributed by atoms with E-state index in [1.807, 2.05) is 30.3 Å². The summed E-state index contributed by atoms with van der Waals surface area (Å²) in [6, 6.07) is 9.70. The number of benzene rings is 1. The minimum absolute atomic E-state index is 0.289. The van der Waals surface area contributed by atoms with Gasteiger partial charge < -0.3 is 4.90 Å². The average molecular weight is 257 g/mol. The summed E-state index contributed by atoms with van der Waals surface area (Å²) in [5.41, 5.74) is 0.861. The van der Waals surface area contributed by atoms with Gasteiger partial charge in [0.2, 0.25) is 0 Å². The highest BCUT2D eigenvalue weighted by Crippen LogP contribution is 2.33. The fourth-order valence-corrected chi connectivity index (χ4v) is 2.62. The Balaban J connectivity index is 1.48. The van der Waals surface area contributed by atoms with E-state index in [1.54, 1.807) is 0 Å². The predicted molar refractivity (Wildman–Crippen MR) is 77.3 cm³/mol. The van der Waals surface area contributed by atoms with Gasteiger partial charge in [-0.2, -0.15) is 0 Å². The lowest BCUT2D eigenvalue weighted by molar-refractivity contribution is 0.0961. The number of hydrogen-bond acceptors (Lipinski definition) is 2. The average Bonchev–Trinajstić information content (AvgIpc) is 3.32. The molecule has 0 radical (unpaired) electrons. The predicted octanol–water partition coefficient (Wildman–Crippen LogP) is 3.38. The van der Waals surface area contributed by atoms with Crippen molar-refractivity contribution in [3.05, 3.63) is 35.9 Å². The number of nitrogens with zero attached hydrogens (tertiary/aromatic N) is 1. The zero-order valence-electron chi connectivity index (χ0n) is 11.6. The van der Waals surface area contributed by atoms with Gasteiger partial charge in [0.05, 0.1) is 0 Å². The molecule has 2 nitrogen and oxygen atoms in total. The fourth-order valence-electron chi connectivity index (χ4n) is 2.62. The summed E-state index contributed by atoms with van der Waals surface area (Å²) in [7, 11) is 0. The minimum atomic E-state index is 0.289. The van der Waals surface area contributed by atoms with Gasteiger partial charge in [-0.05, 0) is 37.5 Å². The number of carbonyl (C=O) groups excluding carboxylic acids is 1. The van der Waals surface area contributed by atoms with Crippen LogP contribution in [-0.2, 0) is 0 Å². The van der Waals surface area contributed by atoms with E-state index in [0.717, 1.165) is 23.9 Å². The third-order valence-electron chi connectivity index (χ3n) is 4.18. The van der Waals surface area contributed by atoms with Crippen LogP contribution in [0.2, 0.25) is 0 Å². The van der Waals surface area contributed by atoms with Crippen molar-refractivity contribution in [1.29, 1.82) is 0 Å². The van der Waals surface area contributed by atoms with Crippen molar-refractivity contribution in [3.63, 3.8) is 0 Å². The molecule has 0 aromatic heterocycles. The zero-order valence-corrected chi connectivity index (χ0v) is 11.6. The van der Waals surface area contributed by atoms with Crippen LogP contribution in [0.4, 0.5) is 0 Å². The fraction of sp³-hybridized carbons (Fsp3) is 0.588. The van der Waals surface area contributed by atoms with E-state index >= 15 is 0 Å². The quantitative estimate of drug-likeness (QED) is 0.665. The first-order valence-corrected chi connectivity index (χ1v) is 7.62. The molecule has 3 rings (SSSR count). The second-order valence-corrected chi connectivity index (χ2v) is 6.19. The second-order valence-electron chi connectivity index (χ2n) is 6.19. The molecule has 2 heteroatoms. The Morgan fingerprint density at radius 1 is 1.00 bits per heavy atom. The van der Waals surface area contributed by atoms with E-state index in [-0.39, 0.29) is 5.78 Å². The molecular formula is C17H23NO. The molecule has 1 aromatic rings. The Kier molecular flexibility index (Phi) is 3.97. The normalized spacial score (nSPS) is 18.8. The third-order valence-corrected chi connectivity index (χ3v) is 4.18. The van der Waals surface area contributed by atoms with E-state index in [0.29, 0.717) is 6.42 Å². The molecule has 2 saturated carbocycles. The van der Waals surface area contributed by atoms with Gasteiger partial charge in [-0.25, -0.2) is 0 Å². The summed E-state index contributed by atoms with van der Waals surface area (Å²) in [4.78, 5) is 14.7. The lowest BCUT2D eigenvalue weighted by atomic mass is 10.1. The lowest BCUT2D eigenvalue weighted by Crippen LogP contribution is -2.30. The van der Waals surface area contributed by atoms with Gasteiger partial charge in [0, 0.05) is 31.6 Å². The second kappa shape index (κ2) is 5.87. The molecule has 0 amide bonds. The molecule has 0 spiro atoms. The highest BCUT2D eigenvalue weighted by Gasteiger charge is 2.29. The smallest absolute Gasteiger partial charge is 0.164 e. The SMILES string of the molecule is O=C(CCN(CC1CC1)CC1CC1)c1ccccc1. The van der Waals surface area contributed by atoms with Crippen LogP contribution in [0.3, 0.4) is 0 Å². The number of carbonyl (C=O) groups is 1. The van der Waals surface area contributed by atoms with Crippen molar-refractivity contribution in [1.82, 2.24) is 4.90 Å². The van der Waals surface area contributed by atoms with Crippen molar-refractivity contribution in [3.8, 4) is 0 Å². The Hall–Kier alpha value is -1.15. The zero-order chi connectivity index (χ0) is 13.1. The minimum Gasteiger partial charge on any atom is -0.302 e. The van der Waals surface area contributed by atoms with Crippen LogP contribution in [0.5, 0.6) is 0 Å². The molecule has 0 atom stereocenters. The Morgan fingerprint density at radius 2 is 1.58 bits per heavy atom. The van der Waals surface area contributed by atoms with Crippen LogP contribution in [0.15, 0.2) is 30.3 Å². The summed E-state index contributed by atoms with van der Waals surface area (Å²) < 4.78 is 0. The monoisotopic (exact) mass is 257 g/mol. The van der Waals surface area contributed by atoms with Crippen molar-refractivity contribution >= 4 is 5.78 Å². The summed E-state index contributed by atoms with van der Waals surface area (Å²) in [5, 5.41) is 0. The standard InChI is InChI=1S/C17H23NO/c19-17(16-4-2-1-3-5-16)10-11-18(12-14-6-7-14)13-15-8-9-15/h1-5,14-15H,6-13H2.